The standard InChI is InChI=1S/C18H17FN2O3/c1-12(22)20-17(11-13-3-5-14(19)6-4-13)18(23)21-15-7-9-16(24-2)10-8-15/h3-11H,1-2H3,(H,20,22)(H,21,23)/b17-11-. The monoisotopic (exact) mass is 328 g/mol. The molecule has 0 spiro atoms. The molecule has 0 atom stereocenters. The van der Waals surface area contributed by atoms with Gasteiger partial charge in [-0.3, -0.25) is 9.59 Å². The van der Waals surface area contributed by atoms with E-state index in [2.05, 4.69) is 10.6 Å². The molecule has 6 heteroatoms. The summed E-state index contributed by atoms with van der Waals surface area (Å²) in [6.07, 6.45) is 1.47. The van der Waals surface area contributed by atoms with E-state index in [4.69, 9.17) is 4.74 Å². The lowest BCUT2D eigenvalue weighted by Crippen LogP contribution is -2.28. The van der Waals surface area contributed by atoms with Crippen LogP contribution < -0.4 is 15.4 Å². The zero-order chi connectivity index (χ0) is 17.5. The molecule has 0 heterocycles. The van der Waals surface area contributed by atoms with Crippen molar-refractivity contribution < 1.29 is 18.7 Å². The van der Waals surface area contributed by atoms with Gasteiger partial charge in [0.1, 0.15) is 17.3 Å². The van der Waals surface area contributed by atoms with Crippen molar-refractivity contribution in [2.75, 3.05) is 12.4 Å². The summed E-state index contributed by atoms with van der Waals surface area (Å²) in [7, 11) is 1.55. The van der Waals surface area contributed by atoms with E-state index in [0.29, 0.717) is 17.0 Å². The molecule has 2 N–H and O–H groups in total. The van der Waals surface area contributed by atoms with Gasteiger partial charge in [-0.25, -0.2) is 4.39 Å². The van der Waals surface area contributed by atoms with Crippen LogP contribution in [0.15, 0.2) is 54.2 Å². The maximum Gasteiger partial charge on any atom is 0.272 e. The van der Waals surface area contributed by atoms with Gasteiger partial charge >= 0.3 is 0 Å². The molecule has 2 aromatic rings. The van der Waals surface area contributed by atoms with Gasteiger partial charge in [-0.2, -0.15) is 0 Å². The summed E-state index contributed by atoms with van der Waals surface area (Å²) in [6.45, 7) is 1.30. The van der Waals surface area contributed by atoms with E-state index in [0.717, 1.165) is 0 Å². The number of ether oxygens (including phenoxy) is 1. The van der Waals surface area contributed by atoms with Crippen molar-refractivity contribution in [3.8, 4) is 5.75 Å². The van der Waals surface area contributed by atoms with Gasteiger partial charge in [0.25, 0.3) is 5.91 Å². The third kappa shape index (κ3) is 4.95. The Morgan fingerprint density at radius 3 is 2.21 bits per heavy atom. The highest BCUT2D eigenvalue weighted by Gasteiger charge is 2.12. The number of hydrogen-bond acceptors (Lipinski definition) is 3. The van der Waals surface area contributed by atoms with Gasteiger partial charge < -0.3 is 15.4 Å². The number of hydrogen-bond donors (Lipinski definition) is 2. The maximum atomic E-state index is 13.0. The average molecular weight is 328 g/mol. The quantitative estimate of drug-likeness (QED) is 0.829. The highest BCUT2D eigenvalue weighted by Crippen LogP contribution is 2.16. The lowest BCUT2D eigenvalue weighted by atomic mass is 10.1. The molecule has 2 aromatic carbocycles. The van der Waals surface area contributed by atoms with Crippen LogP contribution in [0.25, 0.3) is 6.08 Å². The summed E-state index contributed by atoms with van der Waals surface area (Å²) >= 11 is 0. The summed E-state index contributed by atoms with van der Waals surface area (Å²) in [4.78, 5) is 23.7. The zero-order valence-corrected chi connectivity index (χ0v) is 13.3. The number of nitrogens with one attached hydrogen (secondary N) is 2. The lowest BCUT2D eigenvalue weighted by Gasteiger charge is -2.10. The highest BCUT2D eigenvalue weighted by atomic mass is 19.1. The van der Waals surface area contributed by atoms with Gasteiger partial charge in [-0.1, -0.05) is 12.1 Å². The Morgan fingerprint density at radius 2 is 1.67 bits per heavy atom. The predicted octanol–water partition coefficient (Wildman–Crippen LogP) is 2.95. The molecule has 0 saturated carbocycles. The molecular weight excluding hydrogens is 311 g/mol. The molecule has 0 aliphatic heterocycles. The fraction of sp³-hybridized carbons (Fsp3) is 0.111. The van der Waals surface area contributed by atoms with E-state index >= 15 is 0 Å². The Kier molecular flexibility index (Phi) is 5.68. The molecule has 0 aliphatic rings. The molecule has 0 aromatic heterocycles. The number of carbonyl (C=O) groups is 2. The third-order valence-electron chi connectivity index (χ3n) is 3.08. The first-order valence-corrected chi connectivity index (χ1v) is 7.18. The van der Waals surface area contributed by atoms with E-state index in [1.807, 2.05) is 0 Å². The Balaban J connectivity index is 2.20. The second-order valence-electron chi connectivity index (χ2n) is 4.97. The van der Waals surface area contributed by atoms with Gasteiger partial charge in [-0.05, 0) is 48.0 Å². The average Bonchev–Trinajstić information content (AvgIpc) is 2.56. The van der Waals surface area contributed by atoms with E-state index in [1.54, 1.807) is 31.4 Å². The van der Waals surface area contributed by atoms with Gasteiger partial charge in [-0.15, -0.1) is 0 Å². The first-order valence-electron chi connectivity index (χ1n) is 7.18. The minimum Gasteiger partial charge on any atom is -0.497 e. The lowest BCUT2D eigenvalue weighted by molar-refractivity contribution is -0.120. The molecule has 5 nitrogen and oxygen atoms in total. The minimum absolute atomic E-state index is 0.0601. The van der Waals surface area contributed by atoms with Crippen molar-refractivity contribution in [3.63, 3.8) is 0 Å². The Labute approximate surface area is 139 Å². The molecule has 0 unspecified atom stereocenters. The summed E-state index contributed by atoms with van der Waals surface area (Å²) < 4.78 is 18.0. The van der Waals surface area contributed by atoms with Gasteiger partial charge in [0.2, 0.25) is 5.91 Å². The summed E-state index contributed by atoms with van der Waals surface area (Å²) in [5, 5.41) is 5.16. The number of halogens is 1. The Bertz CT molecular complexity index is 753. The number of benzene rings is 2. The first kappa shape index (κ1) is 17.2. The smallest absolute Gasteiger partial charge is 0.272 e. The van der Waals surface area contributed by atoms with E-state index in [1.165, 1.54) is 37.3 Å². The molecule has 24 heavy (non-hydrogen) atoms. The SMILES string of the molecule is COc1ccc(NC(=O)/C(=C/c2ccc(F)cc2)NC(C)=O)cc1. The van der Waals surface area contributed by atoms with Crippen LogP contribution in [0.3, 0.4) is 0 Å². The molecule has 0 aliphatic carbocycles. The van der Waals surface area contributed by atoms with Crippen LogP contribution in [0, 0.1) is 5.82 Å². The Hall–Kier alpha value is -3.15. The number of anilines is 1. The van der Waals surface area contributed by atoms with Crippen molar-refractivity contribution in [2.45, 2.75) is 6.92 Å². The zero-order valence-electron chi connectivity index (χ0n) is 13.3. The van der Waals surface area contributed by atoms with Crippen LogP contribution in [0.1, 0.15) is 12.5 Å². The van der Waals surface area contributed by atoms with Crippen LogP contribution in [-0.2, 0) is 9.59 Å². The third-order valence-corrected chi connectivity index (χ3v) is 3.08. The topological polar surface area (TPSA) is 67.4 Å². The van der Waals surface area contributed by atoms with Gasteiger partial charge in [0, 0.05) is 12.6 Å². The summed E-state index contributed by atoms with van der Waals surface area (Å²) in [5.74, 6) is -0.583. The molecule has 124 valence electrons. The van der Waals surface area contributed by atoms with E-state index < -0.39 is 5.91 Å². The summed E-state index contributed by atoms with van der Waals surface area (Å²) in [6, 6.07) is 12.3. The Morgan fingerprint density at radius 1 is 1.04 bits per heavy atom. The van der Waals surface area contributed by atoms with E-state index in [9.17, 15) is 14.0 Å². The highest BCUT2D eigenvalue weighted by molar-refractivity contribution is 6.08. The fourth-order valence-electron chi connectivity index (χ4n) is 1.95. The second kappa shape index (κ2) is 7.92. The molecule has 2 rings (SSSR count). The minimum atomic E-state index is -0.486. The second-order valence-corrected chi connectivity index (χ2v) is 4.97. The van der Waals surface area contributed by atoms with Crippen LogP contribution in [0.4, 0.5) is 10.1 Å². The number of carbonyl (C=O) groups excluding carboxylic acids is 2. The predicted molar refractivity (Wildman–Crippen MR) is 89.8 cm³/mol. The van der Waals surface area contributed by atoms with Crippen molar-refractivity contribution in [2.24, 2.45) is 0 Å². The van der Waals surface area contributed by atoms with Crippen molar-refractivity contribution >= 4 is 23.6 Å². The van der Waals surface area contributed by atoms with E-state index in [-0.39, 0.29) is 17.4 Å². The maximum absolute atomic E-state index is 13.0. The van der Waals surface area contributed by atoms with Crippen LogP contribution in [0.2, 0.25) is 0 Å². The normalized spacial score (nSPS) is 10.9. The largest absolute Gasteiger partial charge is 0.497 e. The van der Waals surface area contributed by atoms with Crippen molar-refractivity contribution in [3.05, 3.63) is 65.6 Å². The van der Waals surface area contributed by atoms with Crippen molar-refractivity contribution in [1.29, 1.82) is 0 Å². The van der Waals surface area contributed by atoms with Crippen molar-refractivity contribution in [1.82, 2.24) is 5.32 Å². The molecular formula is C18H17FN2O3. The molecule has 2 amide bonds. The fourth-order valence-corrected chi connectivity index (χ4v) is 1.95. The number of methoxy groups -OCH3 is 1. The van der Waals surface area contributed by atoms with Gasteiger partial charge in [0.05, 0.1) is 7.11 Å². The van der Waals surface area contributed by atoms with Crippen LogP contribution >= 0.6 is 0 Å². The molecule has 0 bridgehead atoms. The first-order chi connectivity index (χ1) is 11.5. The van der Waals surface area contributed by atoms with Crippen LogP contribution in [-0.4, -0.2) is 18.9 Å². The molecule has 0 saturated heterocycles. The number of amides is 2. The summed E-state index contributed by atoms with van der Waals surface area (Å²) in [5.41, 5.74) is 1.20. The molecule has 0 radical (unpaired) electrons. The van der Waals surface area contributed by atoms with Crippen LogP contribution in [0.5, 0.6) is 5.75 Å². The molecule has 0 fully saturated rings. The van der Waals surface area contributed by atoms with Gasteiger partial charge in [0.15, 0.2) is 0 Å². The number of rotatable bonds is 5.